The lowest BCUT2D eigenvalue weighted by Gasteiger charge is -2.23. The summed E-state index contributed by atoms with van der Waals surface area (Å²) in [6.45, 7) is 2.01. The number of nitrogens with one attached hydrogen (secondary N) is 1. The van der Waals surface area contributed by atoms with Gasteiger partial charge in [-0.05, 0) is 43.5 Å². The third-order valence-electron chi connectivity index (χ3n) is 3.21. The van der Waals surface area contributed by atoms with Crippen LogP contribution >= 0.6 is 0 Å². The van der Waals surface area contributed by atoms with Crippen molar-refractivity contribution in [3.8, 4) is 5.75 Å². The molecule has 1 aliphatic heterocycles. The Kier molecular flexibility index (Phi) is 3.58. The van der Waals surface area contributed by atoms with E-state index in [-0.39, 0.29) is 5.69 Å². The van der Waals surface area contributed by atoms with Crippen LogP contribution in [-0.4, -0.2) is 25.1 Å². The fourth-order valence-corrected chi connectivity index (χ4v) is 2.25. The Balaban J connectivity index is 2.27. The topological polar surface area (TPSA) is 64.4 Å². The molecule has 2 rings (SSSR count). The molecule has 1 aromatic carbocycles. The van der Waals surface area contributed by atoms with Gasteiger partial charge in [0.05, 0.1) is 12.0 Å². The van der Waals surface area contributed by atoms with Gasteiger partial charge in [0.1, 0.15) is 0 Å². The minimum absolute atomic E-state index is 0.0326. The van der Waals surface area contributed by atoms with Gasteiger partial charge in [0.2, 0.25) is 0 Å². The van der Waals surface area contributed by atoms with Crippen molar-refractivity contribution >= 4 is 5.69 Å². The Morgan fingerprint density at radius 1 is 1.41 bits per heavy atom. The Morgan fingerprint density at radius 2 is 2.12 bits per heavy atom. The first-order valence-electron chi connectivity index (χ1n) is 5.75. The van der Waals surface area contributed by atoms with Gasteiger partial charge in [0.25, 0.3) is 0 Å². The van der Waals surface area contributed by atoms with Crippen LogP contribution in [0.2, 0.25) is 0 Å². The molecule has 0 spiro atoms. The van der Waals surface area contributed by atoms with E-state index in [4.69, 9.17) is 4.74 Å². The molecule has 1 aliphatic rings. The van der Waals surface area contributed by atoms with Crippen LogP contribution in [0, 0.1) is 10.1 Å². The number of nitrogens with zero attached hydrogens (tertiary/aromatic N) is 1. The van der Waals surface area contributed by atoms with E-state index in [2.05, 4.69) is 5.32 Å². The highest BCUT2D eigenvalue weighted by Gasteiger charge is 2.20. The third kappa shape index (κ3) is 2.55. The van der Waals surface area contributed by atoms with Gasteiger partial charge in [-0.25, -0.2) is 0 Å². The highest BCUT2D eigenvalue weighted by Crippen LogP contribution is 2.33. The van der Waals surface area contributed by atoms with Crippen molar-refractivity contribution in [2.45, 2.75) is 18.8 Å². The number of hydrogen-bond acceptors (Lipinski definition) is 4. The summed E-state index contributed by atoms with van der Waals surface area (Å²) in [6, 6.07) is 5.18. The predicted molar refractivity (Wildman–Crippen MR) is 64.5 cm³/mol. The Hall–Kier alpha value is -1.62. The Labute approximate surface area is 99.9 Å². The van der Waals surface area contributed by atoms with Gasteiger partial charge in [0.15, 0.2) is 5.75 Å². The van der Waals surface area contributed by atoms with Crippen molar-refractivity contribution in [3.05, 3.63) is 33.9 Å². The quantitative estimate of drug-likeness (QED) is 0.644. The minimum Gasteiger partial charge on any atom is -0.490 e. The number of methoxy groups -OCH3 is 1. The fourth-order valence-electron chi connectivity index (χ4n) is 2.25. The predicted octanol–water partition coefficient (Wildman–Crippen LogP) is 2.07. The zero-order valence-corrected chi connectivity index (χ0v) is 9.81. The van der Waals surface area contributed by atoms with E-state index in [1.165, 1.54) is 13.2 Å². The van der Waals surface area contributed by atoms with Crippen LogP contribution in [0.5, 0.6) is 5.75 Å². The third-order valence-corrected chi connectivity index (χ3v) is 3.21. The molecular weight excluding hydrogens is 220 g/mol. The van der Waals surface area contributed by atoms with E-state index in [9.17, 15) is 10.1 Å². The van der Waals surface area contributed by atoms with Crippen LogP contribution in [0.15, 0.2) is 18.2 Å². The highest BCUT2D eigenvalue weighted by molar-refractivity contribution is 5.49. The van der Waals surface area contributed by atoms with Gasteiger partial charge in [-0.15, -0.1) is 0 Å². The van der Waals surface area contributed by atoms with Crippen molar-refractivity contribution in [2.75, 3.05) is 20.2 Å². The summed E-state index contributed by atoms with van der Waals surface area (Å²) in [7, 11) is 1.47. The van der Waals surface area contributed by atoms with E-state index in [0.717, 1.165) is 31.5 Å². The number of benzene rings is 1. The van der Waals surface area contributed by atoms with Crippen molar-refractivity contribution < 1.29 is 9.66 Å². The second-order valence-corrected chi connectivity index (χ2v) is 4.21. The van der Waals surface area contributed by atoms with Crippen molar-refractivity contribution in [3.63, 3.8) is 0 Å². The van der Waals surface area contributed by atoms with Gasteiger partial charge in [0, 0.05) is 6.07 Å². The molecule has 92 valence electrons. The van der Waals surface area contributed by atoms with Crippen LogP contribution in [0.4, 0.5) is 5.69 Å². The van der Waals surface area contributed by atoms with Crippen LogP contribution in [0.25, 0.3) is 0 Å². The van der Waals surface area contributed by atoms with Gasteiger partial charge < -0.3 is 10.1 Å². The Bertz CT molecular complexity index is 414. The smallest absolute Gasteiger partial charge is 0.310 e. The molecule has 1 aromatic rings. The van der Waals surface area contributed by atoms with Crippen molar-refractivity contribution in [2.24, 2.45) is 0 Å². The largest absolute Gasteiger partial charge is 0.490 e. The molecule has 0 bridgehead atoms. The number of rotatable bonds is 3. The summed E-state index contributed by atoms with van der Waals surface area (Å²) in [5.74, 6) is 0.831. The molecule has 0 radical (unpaired) electrons. The van der Waals surface area contributed by atoms with Crippen LogP contribution in [-0.2, 0) is 0 Å². The molecule has 1 saturated heterocycles. The summed E-state index contributed by atoms with van der Waals surface area (Å²) in [5, 5.41) is 14.1. The second kappa shape index (κ2) is 5.14. The molecular formula is C12H16N2O3. The van der Waals surface area contributed by atoms with E-state index in [1.807, 2.05) is 6.07 Å². The lowest BCUT2D eigenvalue weighted by Crippen LogP contribution is -2.26. The molecule has 0 saturated carbocycles. The zero-order chi connectivity index (χ0) is 12.3. The number of piperidine rings is 1. The first-order chi connectivity index (χ1) is 8.22. The number of nitro benzene ring substituents is 1. The van der Waals surface area contributed by atoms with E-state index < -0.39 is 4.92 Å². The van der Waals surface area contributed by atoms with E-state index in [1.54, 1.807) is 6.07 Å². The molecule has 0 amide bonds. The summed E-state index contributed by atoms with van der Waals surface area (Å²) >= 11 is 0. The minimum atomic E-state index is -0.412. The standard InChI is InChI=1S/C12H16N2O3/c1-17-12-8-10(2-3-11(12)14(15)16)9-4-6-13-7-5-9/h2-3,8-9,13H,4-7H2,1H3. The summed E-state index contributed by atoms with van der Waals surface area (Å²) in [6.07, 6.45) is 2.14. The number of hydrogen-bond donors (Lipinski definition) is 1. The van der Waals surface area contributed by atoms with E-state index >= 15 is 0 Å². The van der Waals surface area contributed by atoms with Crippen LogP contribution in [0.3, 0.4) is 0 Å². The van der Waals surface area contributed by atoms with Crippen molar-refractivity contribution in [1.29, 1.82) is 0 Å². The van der Waals surface area contributed by atoms with Crippen molar-refractivity contribution in [1.82, 2.24) is 5.32 Å². The molecule has 17 heavy (non-hydrogen) atoms. The normalized spacial score (nSPS) is 16.8. The molecule has 1 heterocycles. The van der Waals surface area contributed by atoms with Gasteiger partial charge in [-0.3, -0.25) is 10.1 Å². The molecule has 0 atom stereocenters. The van der Waals surface area contributed by atoms with E-state index in [0.29, 0.717) is 11.7 Å². The molecule has 0 aromatic heterocycles. The summed E-state index contributed by atoms with van der Waals surface area (Å²) < 4.78 is 5.08. The maximum absolute atomic E-state index is 10.8. The zero-order valence-electron chi connectivity index (χ0n) is 9.81. The number of ether oxygens (including phenoxy) is 1. The number of nitro groups is 1. The molecule has 0 aliphatic carbocycles. The molecule has 1 fully saturated rings. The summed E-state index contributed by atoms with van der Waals surface area (Å²) in [4.78, 5) is 10.4. The van der Waals surface area contributed by atoms with Crippen LogP contribution in [0.1, 0.15) is 24.3 Å². The molecule has 5 heteroatoms. The molecule has 5 nitrogen and oxygen atoms in total. The maximum atomic E-state index is 10.8. The average molecular weight is 236 g/mol. The Morgan fingerprint density at radius 3 is 2.71 bits per heavy atom. The average Bonchev–Trinajstić information content (AvgIpc) is 2.39. The molecule has 1 N–H and O–H groups in total. The monoisotopic (exact) mass is 236 g/mol. The van der Waals surface area contributed by atoms with Gasteiger partial charge in [-0.1, -0.05) is 6.07 Å². The maximum Gasteiger partial charge on any atom is 0.310 e. The van der Waals surface area contributed by atoms with Gasteiger partial charge in [-0.2, -0.15) is 0 Å². The van der Waals surface area contributed by atoms with Crippen LogP contribution < -0.4 is 10.1 Å². The summed E-state index contributed by atoms with van der Waals surface area (Å²) in [5.41, 5.74) is 1.17. The second-order valence-electron chi connectivity index (χ2n) is 4.21. The lowest BCUT2D eigenvalue weighted by atomic mass is 9.90. The fraction of sp³-hybridized carbons (Fsp3) is 0.500. The lowest BCUT2D eigenvalue weighted by molar-refractivity contribution is -0.385. The SMILES string of the molecule is COc1cc(C2CCNCC2)ccc1[N+](=O)[O-]. The molecule has 0 unspecified atom stereocenters. The van der Waals surface area contributed by atoms with Gasteiger partial charge >= 0.3 is 5.69 Å². The first-order valence-corrected chi connectivity index (χ1v) is 5.75. The first kappa shape index (κ1) is 11.9. The highest BCUT2D eigenvalue weighted by atomic mass is 16.6.